The number of aromatic nitrogens is 1. The van der Waals surface area contributed by atoms with Crippen LogP contribution in [0.15, 0.2) is 35.2 Å². The van der Waals surface area contributed by atoms with Crippen molar-refractivity contribution in [2.45, 2.75) is 32.6 Å². The number of allylic oxidation sites excluding steroid dienone is 1. The van der Waals surface area contributed by atoms with Gasteiger partial charge in [-0.25, -0.2) is 9.19 Å². The summed E-state index contributed by atoms with van der Waals surface area (Å²) in [5, 5.41) is 0. The van der Waals surface area contributed by atoms with Gasteiger partial charge in [-0.15, -0.1) is 6.58 Å². The molecule has 0 fully saturated rings. The lowest BCUT2D eigenvalue weighted by atomic mass is 9.92. The van der Waals surface area contributed by atoms with Gasteiger partial charge in [0.2, 0.25) is 0 Å². The third-order valence-corrected chi connectivity index (χ3v) is 4.06. The van der Waals surface area contributed by atoms with E-state index in [1.165, 1.54) is 0 Å². The number of hydrogen-bond acceptors (Lipinski definition) is 3. The second-order valence-corrected chi connectivity index (χ2v) is 7.97. The second-order valence-electron chi connectivity index (χ2n) is 5.46. The lowest BCUT2D eigenvalue weighted by Gasteiger charge is -2.17. The average molecular weight is 266 g/mol. The van der Waals surface area contributed by atoms with Gasteiger partial charge in [-0.1, -0.05) is 32.9 Å². The lowest BCUT2D eigenvalue weighted by Crippen LogP contribution is -2.13. The van der Waals surface area contributed by atoms with Gasteiger partial charge in [0.15, 0.2) is 5.82 Å². The highest BCUT2D eigenvalue weighted by Gasteiger charge is 2.15. The predicted molar refractivity (Wildman–Crippen MR) is 78.8 cm³/mol. The minimum Gasteiger partial charge on any atom is -0.250 e. The van der Waals surface area contributed by atoms with Crippen molar-refractivity contribution in [3.05, 3.63) is 36.5 Å². The van der Waals surface area contributed by atoms with Crippen molar-refractivity contribution in [3.8, 4) is 0 Å². The molecule has 0 bridgehead atoms. The Morgan fingerprint density at radius 3 is 2.67 bits per heavy atom. The highest BCUT2D eigenvalue weighted by atomic mass is 32.2. The molecule has 0 N–H and O–H groups in total. The molecule has 0 aliphatic rings. The molecule has 0 saturated heterocycles. The van der Waals surface area contributed by atoms with Crippen LogP contribution >= 0.6 is 0 Å². The molecule has 1 aromatic heterocycles. The van der Waals surface area contributed by atoms with Crippen LogP contribution in [0.5, 0.6) is 0 Å². The van der Waals surface area contributed by atoms with Gasteiger partial charge in [0, 0.05) is 23.1 Å². The normalized spacial score (nSPS) is 14.9. The number of rotatable bonds is 4. The quantitative estimate of drug-likeness (QED) is 0.780. The molecular weight excluding hydrogens is 244 g/mol. The van der Waals surface area contributed by atoms with Crippen molar-refractivity contribution >= 4 is 15.5 Å². The Labute approximate surface area is 111 Å². The maximum atomic E-state index is 12.2. The zero-order valence-corrected chi connectivity index (χ0v) is 12.5. The number of hydrogen-bond donors (Lipinski definition) is 0. The fraction of sp³-hybridized carbons (Fsp3) is 0.500. The first-order valence-electron chi connectivity index (χ1n) is 6.03. The summed E-state index contributed by atoms with van der Waals surface area (Å²) in [7, 11) is -2.22. The van der Waals surface area contributed by atoms with Gasteiger partial charge in [-0.2, -0.15) is 4.36 Å². The van der Waals surface area contributed by atoms with Gasteiger partial charge in [0.25, 0.3) is 0 Å². The van der Waals surface area contributed by atoms with Crippen molar-refractivity contribution in [2.75, 3.05) is 12.0 Å². The van der Waals surface area contributed by atoms with E-state index in [0.717, 1.165) is 5.69 Å². The fourth-order valence-corrected chi connectivity index (χ4v) is 2.63. The zero-order valence-electron chi connectivity index (χ0n) is 11.6. The lowest BCUT2D eigenvalue weighted by molar-refractivity contribution is 0.569. The van der Waals surface area contributed by atoms with E-state index >= 15 is 0 Å². The molecule has 0 aliphatic carbocycles. The largest absolute Gasteiger partial charge is 0.250 e. The summed E-state index contributed by atoms with van der Waals surface area (Å²) in [4.78, 5) is 4.47. The minimum absolute atomic E-state index is 0.0265. The summed E-state index contributed by atoms with van der Waals surface area (Å²) in [5.41, 5.74) is 0.934. The standard InChI is InChI=1S/C14H22N2OS/c1-6-7-11-18(5,17)16-13-10-8-9-12(15-13)14(2,3)4/h6,8-10H,1,7,11H2,2-5H3. The first kappa shape index (κ1) is 14.9. The molecule has 0 spiro atoms. The van der Waals surface area contributed by atoms with Crippen molar-refractivity contribution in [3.63, 3.8) is 0 Å². The van der Waals surface area contributed by atoms with E-state index in [-0.39, 0.29) is 5.41 Å². The Morgan fingerprint density at radius 2 is 2.11 bits per heavy atom. The molecule has 0 aliphatic heterocycles. The van der Waals surface area contributed by atoms with Gasteiger partial charge in [-0.05, 0) is 18.6 Å². The van der Waals surface area contributed by atoms with Crippen LogP contribution in [0.25, 0.3) is 0 Å². The Balaban J connectivity index is 3.08. The van der Waals surface area contributed by atoms with Crippen LogP contribution < -0.4 is 0 Å². The Hall–Kier alpha value is -1.16. The van der Waals surface area contributed by atoms with Crippen LogP contribution in [0.1, 0.15) is 32.9 Å². The van der Waals surface area contributed by atoms with Crippen molar-refractivity contribution in [1.82, 2.24) is 4.98 Å². The van der Waals surface area contributed by atoms with Crippen LogP contribution in [0.4, 0.5) is 5.82 Å². The SMILES string of the molecule is C=CCCS(C)(=O)=Nc1cccc(C(C)(C)C)n1. The summed E-state index contributed by atoms with van der Waals surface area (Å²) < 4.78 is 16.5. The third kappa shape index (κ3) is 4.61. The van der Waals surface area contributed by atoms with Gasteiger partial charge in [0.05, 0.1) is 9.73 Å². The highest BCUT2D eigenvalue weighted by Crippen LogP contribution is 2.22. The predicted octanol–water partition coefficient (Wildman–Crippen LogP) is 3.68. The number of pyridine rings is 1. The van der Waals surface area contributed by atoms with Gasteiger partial charge in [0.1, 0.15) is 0 Å². The molecular formula is C14H22N2OS. The molecule has 0 aromatic carbocycles. The third-order valence-electron chi connectivity index (χ3n) is 2.49. The van der Waals surface area contributed by atoms with Crippen LogP contribution in [-0.4, -0.2) is 21.2 Å². The van der Waals surface area contributed by atoms with E-state index in [9.17, 15) is 4.21 Å². The van der Waals surface area contributed by atoms with Gasteiger partial charge in [-0.3, -0.25) is 0 Å². The van der Waals surface area contributed by atoms with Crippen molar-refractivity contribution in [1.29, 1.82) is 0 Å². The smallest absolute Gasteiger partial charge is 0.161 e. The highest BCUT2D eigenvalue weighted by molar-refractivity contribution is 7.93. The Kier molecular flexibility index (Phi) is 4.68. The van der Waals surface area contributed by atoms with E-state index in [0.29, 0.717) is 18.0 Å². The Bertz CT molecular complexity index is 535. The maximum absolute atomic E-state index is 12.2. The maximum Gasteiger partial charge on any atom is 0.161 e. The van der Waals surface area contributed by atoms with E-state index in [2.05, 4.69) is 36.7 Å². The molecule has 1 aromatic rings. The molecule has 0 amide bonds. The first-order chi connectivity index (χ1) is 8.24. The van der Waals surface area contributed by atoms with Crippen LogP contribution in [0.3, 0.4) is 0 Å². The van der Waals surface area contributed by atoms with Crippen LogP contribution in [0.2, 0.25) is 0 Å². The molecule has 100 valence electrons. The summed E-state index contributed by atoms with van der Waals surface area (Å²) in [5.74, 6) is 1.08. The second kappa shape index (κ2) is 5.65. The molecule has 1 atom stereocenters. The molecule has 1 heterocycles. The topological polar surface area (TPSA) is 42.3 Å². The average Bonchev–Trinajstić information content (AvgIpc) is 2.25. The molecule has 1 rings (SSSR count). The zero-order chi connectivity index (χ0) is 13.8. The van der Waals surface area contributed by atoms with E-state index in [1.807, 2.05) is 12.1 Å². The van der Waals surface area contributed by atoms with Crippen LogP contribution in [-0.2, 0) is 15.1 Å². The van der Waals surface area contributed by atoms with E-state index in [4.69, 9.17) is 0 Å². The van der Waals surface area contributed by atoms with Gasteiger partial charge >= 0.3 is 0 Å². The van der Waals surface area contributed by atoms with E-state index < -0.39 is 9.73 Å². The summed E-state index contributed by atoms with van der Waals surface area (Å²) in [6.45, 7) is 9.93. The fourth-order valence-electron chi connectivity index (χ4n) is 1.44. The summed E-state index contributed by atoms with van der Waals surface area (Å²) >= 11 is 0. The minimum atomic E-state index is -2.22. The molecule has 4 heteroatoms. The van der Waals surface area contributed by atoms with Gasteiger partial charge < -0.3 is 0 Å². The summed E-state index contributed by atoms with van der Waals surface area (Å²) in [6, 6.07) is 5.68. The van der Waals surface area contributed by atoms with Crippen molar-refractivity contribution < 1.29 is 4.21 Å². The molecule has 0 saturated carbocycles. The molecule has 18 heavy (non-hydrogen) atoms. The van der Waals surface area contributed by atoms with Crippen LogP contribution in [0, 0.1) is 0 Å². The monoisotopic (exact) mass is 266 g/mol. The molecule has 3 nitrogen and oxygen atoms in total. The number of nitrogens with zero attached hydrogens (tertiary/aromatic N) is 2. The Morgan fingerprint density at radius 1 is 1.44 bits per heavy atom. The van der Waals surface area contributed by atoms with Crippen molar-refractivity contribution in [2.24, 2.45) is 4.36 Å². The molecule has 0 radical (unpaired) electrons. The first-order valence-corrected chi connectivity index (χ1v) is 8.12. The molecule has 1 unspecified atom stereocenters. The summed E-state index contributed by atoms with van der Waals surface area (Å²) in [6.07, 6.45) is 4.14. The van der Waals surface area contributed by atoms with E-state index in [1.54, 1.807) is 18.4 Å².